The molecule has 1 N–H and O–H groups in total. The molecule has 1 saturated heterocycles. The summed E-state index contributed by atoms with van der Waals surface area (Å²) in [6.45, 7) is 6.37. The fourth-order valence-corrected chi connectivity index (χ4v) is 3.76. The number of aromatic nitrogens is 1. The van der Waals surface area contributed by atoms with Gasteiger partial charge in [-0.05, 0) is 56.9 Å². The summed E-state index contributed by atoms with van der Waals surface area (Å²) in [5.41, 5.74) is 3.33. The Morgan fingerprint density at radius 2 is 1.58 bits per heavy atom. The van der Waals surface area contributed by atoms with Gasteiger partial charge in [-0.1, -0.05) is 0 Å². The zero-order chi connectivity index (χ0) is 18.7. The average Bonchev–Trinajstić information content (AvgIpc) is 2.85. The maximum absolute atomic E-state index is 12.8. The van der Waals surface area contributed by atoms with Crippen molar-refractivity contribution in [1.82, 2.24) is 14.8 Å². The second-order valence-electron chi connectivity index (χ2n) is 6.66. The maximum atomic E-state index is 12.8. The van der Waals surface area contributed by atoms with E-state index in [9.17, 15) is 9.59 Å². The predicted molar refractivity (Wildman–Crippen MR) is 105 cm³/mol. The Balaban J connectivity index is 1.66. The molecule has 1 aliphatic heterocycles. The molecule has 2 aromatic rings. The standard InChI is InChI=1S/C20H25N3O2S/c1-14-13-18(15(2)21-14)20(25)23-10-4-9-22(11-12-23)19(24)16-5-7-17(26-3)8-6-16/h5-8,13,21H,4,9-12H2,1-3H3. The van der Waals surface area contributed by atoms with Crippen molar-refractivity contribution < 1.29 is 9.59 Å². The zero-order valence-electron chi connectivity index (χ0n) is 15.5. The van der Waals surface area contributed by atoms with Crippen LogP contribution in [0.15, 0.2) is 35.2 Å². The van der Waals surface area contributed by atoms with E-state index in [0.717, 1.165) is 28.3 Å². The number of H-pyrrole nitrogens is 1. The minimum absolute atomic E-state index is 0.0422. The minimum atomic E-state index is 0.0422. The van der Waals surface area contributed by atoms with Crippen LogP contribution in [0.1, 0.15) is 38.5 Å². The highest BCUT2D eigenvalue weighted by molar-refractivity contribution is 7.98. The smallest absolute Gasteiger partial charge is 0.255 e. The van der Waals surface area contributed by atoms with E-state index in [1.54, 1.807) is 11.8 Å². The van der Waals surface area contributed by atoms with E-state index in [0.29, 0.717) is 31.7 Å². The summed E-state index contributed by atoms with van der Waals surface area (Å²) < 4.78 is 0. The van der Waals surface area contributed by atoms with Gasteiger partial charge in [0.2, 0.25) is 0 Å². The molecular weight excluding hydrogens is 346 g/mol. The lowest BCUT2D eigenvalue weighted by atomic mass is 10.2. The molecule has 6 heteroatoms. The number of benzene rings is 1. The quantitative estimate of drug-likeness (QED) is 0.842. The third kappa shape index (κ3) is 3.96. The van der Waals surface area contributed by atoms with Crippen LogP contribution in [0, 0.1) is 13.8 Å². The van der Waals surface area contributed by atoms with E-state index in [1.165, 1.54) is 0 Å². The van der Waals surface area contributed by atoms with Crippen molar-refractivity contribution in [3.8, 4) is 0 Å². The van der Waals surface area contributed by atoms with Gasteiger partial charge in [0.25, 0.3) is 11.8 Å². The number of rotatable bonds is 3. The van der Waals surface area contributed by atoms with Gasteiger partial charge < -0.3 is 14.8 Å². The summed E-state index contributed by atoms with van der Waals surface area (Å²) in [5, 5.41) is 0. The summed E-state index contributed by atoms with van der Waals surface area (Å²) in [6, 6.07) is 9.62. The van der Waals surface area contributed by atoms with E-state index < -0.39 is 0 Å². The lowest BCUT2D eigenvalue weighted by Gasteiger charge is -2.22. The summed E-state index contributed by atoms with van der Waals surface area (Å²) in [6.07, 6.45) is 2.81. The Morgan fingerprint density at radius 3 is 2.12 bits per heavy atom. The van der Waals surface area contributed by atoms with Crippen molar-refractivity contribution in [2.75, 3.05) is 32.4 Å². The molecule has 0 saturated carbocycles. The normalized spacial score (nSPS) is 15.0. The summed E-state index contributed by atoms with van der Waals surface area (Å²) >= 11 is 1.66. The van der Waals surface area contributed by atoms with Crippen LogP contribution in [-0.2, 0) is 0 Å². The topological polar surface area (TPSA) is 56.4 Å². The largest absolute Gasteiger partial charge is 0.362 e. The average molecular weight is 372 g/mol. The molecule has 0 atom stereocenters. The van der Waals surface area contributed by atoms with E-state index >= 15 is 0 Å². The SMILES string of the molecule is CSc1ccc(C(=O)N2CCCN(C(=O)c3cc(C)[nH]c3C)CC2)cc1. The number of hydrogen-bond acceptors (Lipinski definition) is 3. The minimum Gasteiger partial charge on any atom is -0.362 e. The third-order valence-electron chi connectivity index (χ3n) is 4.79. The van der Waals surface area contributed by atoms with Gasteiger partial charge in [-0.25, -0.2) is 0 Å². The van der Waals surface area contributed by atoms with Crippen LogP contribution < -0.4 is 0 Å². The van der Waals surface area contributed by atoms with Crippen molar-refractivity contribution in [2.24, 2.45) is 0 Å². The van der Waals surface area contributed by atoms with Gasteiger partial charge in [-0.15, -0.1) is 11.8 Å². The van der Waals surface area contributed by atoms with Crippen molar-refractivity contribution in [2.45, 2.75) is 25.2 Å². The lowest BCUT2D eigenvalue weighted by Crippen LogP contribution is -2.37. The van der Waals surface area contributed by atoms with Crippen LogP contribution in [0.5, 0.6) is 0 Å². The first-order valence-electron chi connectivity index (χ1n) is 8.88. The third-order valence-corrected chi connectivity index (χ3v) is 5.53. The van der Waals surface area contributed by atoms with Gasteiger partial charge in [0, 0.05) is 48.0 Å². The molecule has 0 aliphatic carbocycles. The van der Waals surface area contributed by atoms with Crippen LogP contribution in [-0.4, -0.2) is 59.0 Å². The van der Waals surface area contributed by atoms with Gasteiger partial charge in [-0.3, -0.25) is 9.59 Å². The first kappa shape index (κ1) is 18.6. The van der Waals surface area contributed by atoms with Gasteiger partial charge in [0.1, 0.15) is 0 Å². The number of hydrogen-bond donors (Lipinski definition) is 1. The lowest BCUT2D eigenvalue weighted by molar-refractivity contribution is 0.0718. The Morgan fingerprint density at radius 1 is 0.962 bits per heavy atom. The van der Waals surface area contributed by atoms with E-state index in [-0.39, 0.29) is 11.8 Å². The van der Waals surface area contributed by atoms with Gasteiger partial charge in [0.05, 0.1) is 5.56 Å². The second-order valence-corrected chi connectivity index (χ2v) is 7.54. The molecule has 2 heterocycles. The van der Waals surface area contributed by atoms with Crippen molar-refractivity contribution in [1.29, 1.82) is 0 Å². The molecule has 26 heavy (non-hydrogen) atoms. The molecule has 1 fully saturated rings. The monoisotopic (exact) mass is 371 g/mol. The van der Waals surface area contributed by atoms with Gasteiger partial charge >= 0.3 is 0 Å². The van der Waals surface area contributed by atoms with E-state index in [4.69, 9.17) is 0 Å². The van der Waals surface area contributed by atoms with Gasteiger partial charge in [0.15, 0.2) is 0 Å². The predicted octanol–water partition coefficient (Wildman–Crippen LogP) is 3.34. The number of thioether (sulfide) groups is 1. The first-order valence-corrected chi connectivity index (χ1v) is 10.1. The van der Waals surface area contributed by atoms with Crippen molar-refractivity contribution >= 4 is 23.6 Å². The number of carbonyl (C=O) groups is 2. The Labute approximate surface area is 158 Å². The number of nitrogens with one attached hydrogen (secondary N) is 1. The molecule has 1 aromatic heterocycles. The number of aromatic amines is 1. The fourth-order valence-electron chi connectivity index (χ4n) is 3.36. The molecule has 138 valence electrons. The summed E-state index contributed by atoms with van der Waals surface area (Å²) in [5.74, 6) is 0.0890. The highest BCUT2D eigenvalue weighted by Crippen LogP contribution is 2.18. The molecular formula is C20H25N3O2S. The van der Waals surface area contributed by atoms with E-state index in [2.05, 4.69) is 4.98 Å². The molecule has 1 aliphatic rings. The maximum Gasteiger partial charge on any atom is 0.255 e. The molecule has 3 rings (SSSR count). The van der Waals surface area contributed by atoms with Crippen molar-refractivity contribution in [3.05, 3.63) is 52.8 Å². The second kappa shape index (κ2) is 7.99. The number of amides is 2. The molecule has 2 amide bonds. The highest BCUT2D eigenvalue weighted by atomic mass is 32.2. The Bertz CT molecular complexity index is 798. The number of aryl methyl sites for hydroxylation is 2. The van der Waals surface area contributed by atoms with Gasteiger partial charge in [-0.2, -0.15) is 0 Å². The van der Waals surface area contributed by atoms with E-state index in [1.807, 2.05) is 60.2 Å². The molecule has 0 unspecified atom stereocenters. The van der Waals surface area contributed by atoms with Crippen LogP contribution in [0.4, 0.5) is 0 Å². The molecule has 0 spiro atoms. The summed E-state index contributed by atoms with van der Waals surface area (Å²) in [4.78, 5) is 33.6. The summed E-state index contributed by atoms with van der Waals surface area (Å²) in [7, 11) is 0. The van der Waals surface area contributed by atoms with Crippen LogP contribution in [0.2, 0.25) is 0 Å². The Kier molecular flexibility index (Phi) is 5.71. The molecule has 1 aromatic carbocycles. The zero-order valence-corrected chi connectivity index (χ0v) is 16.4. The molecule has 0 radical (unpaired) electrons. The number of nitrogens with zero attached hydrogens (tertiary/aromatic N) is 2. The van der Waals surface area contributed by atoms with Crippen molar-refractivity contribution in [3.63, 3.8) is 0 Å². The Hall–Kier alpha value is -2.21. The van der Waals surface area contributed by atoms with Crippen LogP contribution in [0.25, 0.3) is 0 Å². The first-order chi connectivity index (χ1) is 12.5. The molecule has 0 bridgehead atoms. The highest BCUT2D eigenvalue weighted by Gasteiger charge is 2.24. The number of carbonyl (C=O) groups excluding carboxylic acids is 2. The van der Waals surface area contributed by atoms with Crippen LogP contribution >= 0.6 is 11.8 Å². The fraction of sp³-hybridized carbons (Fsp3) is 0.400. The van der Waals surface area contributed by atoms with Crippen LogP contribution in [0.3, 0.4) is 0 Å². The molecule has 5 nitrogen and oxygen atoms in total.